The third-order valence-corrected chi connectivity index (χ3v) is 2.70. The highest BCUT2D eigenvalue weighted by atomic mass is 19.1. The highest BCUT2D eigenvalue weighted by molar-refractivity contribution is 5.58. The molecule has 96 valence electrons. The molecule has 0 unspecified atom stereocenters. The average molecular weight is 241 g/mol. The highest BCUT2D eigenvalue weighted by Gasteiger charge is 2.08. The summed E-state index contributed by atoms with van der Waals surface area (Å²) in [5.74, 6) is 0.258. The van der Waals surface area contributed by atoms with Gasteiger partial charge in [-0.15, -0.1) is 0 Å². The van der Waals surface area contributed by atoms with Crippen LogP contribution in [0.3, 0.4) is 0 Å². The number of hydrogen-bond acceptors (Lipinski definition) is 3. The first-order valence-corrected chi connectivity index (χ1v) is 5.84. The van der Waals surface area contributed by atoms with Gasteiger partial charge in [0.25, 0.3) is 0 Å². The standard InChI is InChI=1S/C13H20FNO2/c1-15(8-4-3-5-9-16)12-7-6-11(14)10-13(12)17-2/h6-7,10,16H,3-5,8-9H2,1-2H3. The van der Waals surface area contributed by atoms with Crippen LogP contribution >= 0.6 is 0 Å². The van der Waals surface area contributed by atoms with Gasteiger partial charge in [-0.25, -0.2) is 4.39 Å². The summed E-state index contributed by atoms with van der Waals surface area (Å²) in [6.07, 6.45) is 2.82. The Morgan fingerprint density at radius 2 is 2.06 bits per heavy atom. The van der Waals surface area contributed by atoms with E-state index in [1.165, 1.54) is 19.2 Å². The molecule has 1 aromatic rings. The van der Waals surface area contributed by atoms with Crippen molar-refractivity contribution in [2.45, 2.75) is 19.3 Å². The summed E-state index contributed by atoms with van der Waals surface area (Å²) >= 11 is 0. The molecule has 0 saturated carbocycles. The predicted octanol–water partition coefficient (Wildman–Crippen LogP) is 2.43. The Kier molecular flexibility index (Phi) is 5.77. The van der Waals surface area contributed by atoms with Crippen molar-refractivity contribution >= 4 is 5.69 Å². The fraction of sp³-hybridized carbons (Fsp3) is 0.538. The molecule has 0 aliphatic carbocycles. The second-order valence-corrected chi connectivity index (χ2v) is 4.02. The number of unbranched alkanes of at least 4 members (excludes halogenated alkanes) is 2. The number of benzene rings is 1. The molecule has 3 nitrogen and oxygen atoms in total. The second kappa shape index (κ2) is 7.12. The number of anilines is 1. The third kappa shape index (κ3) is 4.23. The highest BCUT2D eigenvalue weighted by Crippen LogP contribution is 2.28. The van der Waals surface area contributed by atoms with Crippen LogP contribution in [0.25, 0.3) is 0 Å². The van der Waals surface area contributed by atoms with Crippen LogP contribution in [0.4, 0.5) is 10.1 Å². The Bertz CT molecular complexity index is 344. The van der Waals surface area contributed by atoms with Crippen LogP contribution in [0.2, 0.25) is 0 Å². The molecule has 1 aromatic carbocycles. The molecule has 0 aromatic heterocycles. The summed E-state index contributed by atoms with van der Waals surface area (Å²) in [4.78, 5) is 2.04. The molecule has 0 fully saturated rings. The van der Waals surface area contributed by atoms with E-state index in [1.54, 1.807) is 6.07 Å². The number of aliphatic hydroxyl groups excluding tert-OH is 1. The Balaban J connectivity index is 2.58. The van der Waals surface area contributed by atoms with E-state index < -0.39 is 0 Å². The molecule has 0 radical (unpaired) electrons. The number of nitrogens with zero attached hydrogens (tertiary/aromatic N) is 1. The first-order valence-electron chi connectivity index (χ1n) is 5.84. The smallest absolute Gasteiger partial charge is 0.145 e. The van der Waals surface area contributed by atoms with Gasteiger partial charge in [-0.2, -0.15) is 0 Å². The van der Waals surface area contributed by atoms with E-state index in [2.05, 4.69) is 0 Å². The van der Waals surface area contributed by atoms with E-state index in [9.17, 15) is 4.39 Å². The van der Waals surface area contributed by atoms with Crippen molar-refractivity contribution in [1.82, 2.24) is 0 Å². The van der Waals surface area contributed by atoms with Gasteiger partial charge in [0, 0.05) is 26.3 Å². The molecular formula is C13H20FNO2. The van der Waals surface area contributed by atoms with Gasteiger partial charge in [0.15, 0.2) is 0 Å². The monoisotopic (exact) mass is 241 g/mol. The molecule has 0 heterocycles. The first kappa shape index (κ1) is 13.8. The maximum Gasteiger partial charge on any atom is 0.145 e. The minimum Gasteiger partial charge on any atom is -0.494 e. The van der Waals surface area contributed by atoms with Gasteiger partial charge < -0.3 is 14.7 Å². The summed E-state index contributed by atoms with van der Waals surface area (Å²) in [6.45, 7) is 1.10. The molecule has 0 bridgehead atoms. The summed E-state index contributed by atoms with van der Waals surface area (Å²) in [6, 6.07) is 4.54. The van der Waals surface area contributed by atoms with E-state index >= 15 is 0 Å². The van der Waals surface area contributed by atoms with Crippen molar-refractivity contribution in [3.05, 3.63) is 24.0 Å². The fourth-order valence-electron chi connectivity index (χ4n) is 1.72. The van der Waals surface area contributed by atoms with Gasteiger partial charge in [-0.05, 0) is 31.4 Å². The lowest BCUT2D eigenvalue weighted by Gasteiger charge is -2.21. The van der Waals surface area contributed by atoms with E-state index in [1.807, 2.05) is 11.9 Å². The molecule has 1 rings (SSSR count). The van der Waals surface area contributed by atoms with Crippen LogP contribution in [0.15, 0.2) is 18.2 Å². The third-order valence-electron chi connectivity index (χ3n) is 2.70. The number of hydrogen-bond donors (Lipinski definition) is 1. The van der Waals surface area contributed by atoms with E-state index in [4.69, 9.17) is 9.84 Å². The van der Waals surface area contributed by atoms with Gasteiger partial charge in [-0.1, -0.05) is 0 Å². The summed E-state index contributed by atoms with van der Waals surface area (Å²) in [5.41, 5.74) is 0.887. The largest absolute Gasteiger partial charge is 0.494 e. The van der Waals surface area contributed by atoms with Crippen molar-refractivity contribution in [3.8, 4) is 5.75 Å². The quantitative estimate of drug-likeness (QED) is 0.744. The molecule has 0 spiro atoms. The maximum absolute atomic E-state index is 13.0. The maximum atomic E-state index is 13.0. The van der Waals surface area contributed by atoms with Crippen molar-refractivity contribution in [3.63, 3.8) is 0 Å². The van der Waals surface area contributed by atoms with Crippen molar-refractivity contribution < 1.29 is 14.2 Å². The Morgan fingerprint density at radius 3 is 2.71 bits per heavy atom. The molecular weight excluding hydrogens is 221 g/mol. The molecule has 0 saturated heterocycles. The van der Waals surface area contributed by atoms with Crippen LogP contribution in [0, 0.1) is 5.82 Å². The van der Waals surface area contributed by atoms with Gasteiger partial charge in [-0.3, -0.25) is 0 Å². The normalized spacial score (nSPS) is 10.4. The molecule has 4 heteroatoms. The topological polar surface area (TPSA) is 32.7 Å². The van der Waals surface area contributed by atoms with Gasteiger partial charge in [0.2, 0.25) is 0 Å². The molecule has 0 amide bonds. The van der Waals surface area contributed by atoms with Crippen LogP contribution in [0.1, 0.15) is 19.3 Å². The Hall–Kier alpha value is -1.29. The first-order chi connectivity index (χ1) is 8.19. The minimum atomic E-state index is -0.292. The number of aliphatic hydroxyl groups is 1. The zero-order chi connectivity index (χ0) is 12.7. The molecule has 0 aliphatic rings. The molecule has 1 N–H and O–H groups in total. The summed E-state index contributed by atoms with van der Waals surface area (Å²) < 4.78 is 18.2. The lowest BCUT2D eigenvalue weighted by Crippen LogP contribution is -2.19. The average Bonchev–Trinajstić information content (AvgIpc) is 2.34. The fourth-order valence-corrected chi connectivity index (χ4v) is 1.72. The Labute approximate surface area is 102 Å². The predicted molar refractivity (Wildman–Crippen MR) is 67.2 cm³/mol. The zero-order valence-corrected chi connectivity index (χ0v) is 10.4. The lowest BCUT2D eigenvalue weighted by molar-refractivity contribution is 0.283. The Morgan fingerprint density at radius 1 is 1.29 bits per heavy atom. The number of halogens is 1. The van der Waals surface area contributed by atoms with E-state index in [-0.39, 0.29) is 12.4 Å². The zero-order valence-electron chi connectivity index (χ0n) is 10.4. The van der Waals surface area contributed by atoms with Crippen LogP contribution in [-0.2, 0) is 0 Å². The van der Waals surface area contributed by atoms with Crippen LogP contribution in [-0.4, -0.2) is 32.4 Å². The number of methoxy groups -OCH3 is 1. The molecule has 0 aliphatic heterocycles. The van der Waals surface area contributed by atoms with Crippen LogP contribution in [0.5, 0.6) is 5.75 Å². The second-order valence-electron chi connectivity index (χ2n) is 4.02. The van der Waals surface area contributed by atoms with Crippen molar-refractivity contribution in [2.75, 3.05) is 32.2 Å². The molecule has 17 heavy (non-hydrogen) atoms. The van der Waals surface area contributed by atoms with Crippen LogP contribution < -0.4 is 9.64 Å². The van der Waals surface area contributed by atoms with Gasteiger partial charge >= 0.3 is 0 Å². The van der Waals surface area contributed by atoms with E-state index in [0.29, 0.717) is 5.75 Å². The minimum absolute atomic E-state index is 0.240. The molecule has 0 atom stereocenters. The SMILES string of the molecule is COc1cc(F)ccc1N(C)CCCCCO. The summed E-state index contributed by atoms with van der Waals surface area (Å²) in [7, 11) is 3.49. The van der Waals surface area contributed by atoms with Gasteiger partial charge in [0.05, 0.1) is 12.8 Å². The summed E-state index contributed by atoms with van der Waals surface area (Å²) in [5, 5.41) is 8.69. The number of rotatable bonds is 7. The van der Waals surface area contributed by atoms with Crippen molar-refractivity contribution in [2.24, 2.45) is 0 Å². The van der Waals surface area contributed by atoms with Crippen molar-refractivity contribution in [1.29, 1.82) is 0 Å². The number of ether oxygens (including phenoxy) is 1. The van der Waals surface area contributed by atoms with Gasteiger partial charge in [0.1, 0.15) is 11.6 Å². The van der Waals surface area contributed by atoms with E-state index in [0.717, 1.165) is 31.5 Å². The lowest BCUT2D eigenvalue weighted by atomic mass is 10.2.